The van der Waals surface area contributed by atoms with E-state index in [0.29, 0.717) is 36.6 Å². The van der Waals surface area contributed by atoms with E-state index in [-0.39, 0.29) is 23.7 Å². The third kappa shape index (κ3) is 3.58. The SMILES string of the molecule is N#Cc1ccc(F)c(CN2CCC([C@H]3OCC[C@@H]3C(N)=O)CC2)c1. The lowest BCUT2D eigenvalue weighted by atomic mass is 9.84. The highest BCUT2D eigenvalue weighted by Gasteiger charge is 2.39. The largest absolute Gasteiger partial charge is 0.377 e. The number of nitriles is 1. The van der Waals surface area contributed by atoms with Crippen LogP contribution in [-0.4, -0.2) is 36.6 Å². The summed E-state index contributed by atoms with van der Waals surface area (Å²) in [6, 6.07) is 6.51. The van der Waals surface area contributed by atoms with Crippen molar-refractivity contribution >= 4 is 5.91 Å². The van der Waals surface area contributed by atoms with Gasteiger partial charge in [-0.2, -0.15) is 5.26 Å². The van der Waals surface area contributed by atoms with Gasteiger partial charge in [0.2, 0.25) is 5.91 Å². The van der Waals surface area contributed by atoms with Gasteiger partial charge in [0.25, 0.3) is 0 Å². The normalized spacial score (nSPS) is 25.5. The van der Waals surface area contributed by atoms with E-state index in [0.717, 1.165) is 25.9 Å². The molecule has 2 heterocycles. The summed E-state index contributed by atoms with van der Waals surface area (Å²) in [6.45, 7) is 2.75. The van der Waals surface area contributed by atoms with Crippen LogP contribution in [0.4, 0.5) is 4.39 Å². The van der Waals surface area contributed by atoms with Crippen molar-refractivity contribution in [3.05, 3.63) is 35.1 Å². The number of ether oxygens (including phenoxy) is 1. The second kappa shape index (κ2) is 7.29. The molecular weight excluding hydrogens is 309 g/mol. The Morgan fingerprint density at radius 3 is 2.79 bits per heavy atom. The van der Waals surface area contributed by atoms with Gasteiger partial charge in [-0.3, -0.25) is 9.69 Å². The van der Waals surface area contributed by atoms with Gasteiger partial charge in [0.1, 0.15) is 5.82 Å². The molecule has 0 aromatic heterocycles. The molecule has 1 amide bonds. The minimum Gasteiger partial charge on any atom is -0.377 e. The fourth-order valence-electron chi connectivity index (χ4n) is 3.83. The van der Waals surface area contributed by atoms with Gasteiger partial charge in [0, 0.05) is 18.7 Å². The highest BCUT2D eigenvalue weighted by Crippen LogP contribution is 2.33. The number of nitrogens with two attached hydrogens (primary N) is 1. The van der Waals surface area contributed by atoms with Gasteiger partial charge in [-0.25, -0.2) is 4.39 Å². The highest BCUT2D eigenvalue weighted by atomic mass is 19.1. The average molecular weight is 331 g/mol. The lowest BCUT2D eigenvalue weighted by Gasteiger charge is -2.35. The van der Waals surface area contributed by atoms with Gasteiger partial charge in [0.05, 0.1) is 23.7 Å². The fraction of sp³-hybridized carbons (Fsp3) is 0.556. The Morgan fingerprint density at radius 2 is 2.12 bits per heavy atom. The standard InChI is InChI=1S/C18H22FN3O2/c19-16-2-1-12(10-20)9-14(16)11-22-6-3-13(4-7-22)17-15(18(21)23)5-8-24-17/h1-2,9,13,15,17H,3-8,11H2,(H2,21,23)/t15-,17+/m0/s1. The molecule has 6 heteroatoms. The lowest BCUT2D eigenvalue weighted by molar-refractivity contribution is -0.124. The summed E-state index contributed by atoms with van der Waals surface area (Å²) in [7, 11) is 0. The van der Waals surface area contributed by atoms with E-state index in [4.69, 9.17) is 15.7 Å². The number of hydrogen-bond donors (Lipinski definition) is 1. The molecule has 2 aliphatic rings. The Balaban J connectivity index is 1.58. The van der Waals surface area contributed by atoms with Crippen LogP contribution in [0.3, 0.4) is 0 Å². The molecule has 2 fully saturated rings. The number of amides is 1. The number of benzene rings is 1. The Morgan fingerprint density at radius 1 is 1.38 bits per heavy atom. The zero-order chi connectivity index (χ0) is 17.1. The first kappa shape index (κ1) is 16.9. The fourth-order valence-corrected chi connectivity index (χ4v) is 3.83. The zero-order valence-electron chi connectivity index (χ0n) is 13.6. The van der Waals surface area contributed by atoms with Crippen LogP contribution in [0.1, 0.15) is 30.4 Å². The Hall–Kier alpha value is -1.97. The number of piperidine rings is 1. The van der Waals surface area contributed by atoms with Crippen LogP contribution < -0.4 is 5.73 Å². The summed E-state index contributed by atoms with van der Waals surface area (Å²) < 4.78 is 19.7. The molecule has 2 aliphatic heterocycles. The van der Waals surface area contributed by atoms with Crippen molar-refractivity contribution in [2.24, 2.45) is 17.6 Å². The maximum absolute atomic E-state index is 13.9. The van der Waals surface area contributed by atoms with E-state index in [1.165, 1.54) is 12.1 Å². The Labute approximate surface area is 141 Å². The number of rotatable bonds is 4. The molecule has 0 radical (unpaired) electrons. The van der Waals surface area contributed by atoms with Crippen molar-refractivity contribution in [2.45, 2.75) is 31.9 Å². The second-order valence-electron chi connectivity index (χ2n) is 6.66. The lowest BCUT2D eigenvalue weighted by Crippen LogP contribution is -2.42. The van der Waals surface area contributed by atoms with Gasteiger partial charge < -0.3 is 10.5 Å². The first-order valence-electron chi connectivity index (χ1n) is 8.40. The molecule has 128 valence electrons. The predicted molar refractivity (Wildman–Crippen MR) is 86.2 cm³/mol. The molecule has 2 saturated heterocycles. The summed E-state index contributed by atoms with van der Waals surface area (Å²) in [4.78, 5) is 13.7. The summed E-state index contributed by atoms with van der Waals surface area (Å²) in [5.74, 6) is -0.387. The van der Waals surface area contributed by atoms with Crippen LogP contribution in [-0.2, 0) is 16.1 Å². The molecule has 0 spiro atoms. The molecule has 0 bridgehead atoms. The molecule has 2 atom stereocenters. The zero-order valence-corrected chi connectivity index (χ0v) is 13.6. The van der Waals surface area contributed by atoms with Crippen molar-refractivity contribution in [3.63, 3.8) is 0 Å². The minimum absolute atomic E-state index is 0.0664. The summed E-state index contributed by atoms with van der Waals surface area (Å²) in [6.07, 6.45) is 2.47. The molecule has 2 N–H and O–H groups in total. The van der Waals surface area contributed by atoms with Crippen molar-refractivity contribution in [3.8, 4) is 6.07 Å². The maximum atomic E-state index is 13.9. The van der Waals surface area contributed by atoms with E-state index in [1.807, 2.05) is 6.07 Å². The van der Waals surface area contributed by atoms with Gasteiger partial charge in [-0.15, -0.1) is 0 Å². The van der Waals surface area contributed by atoms with Crippen LogP contribution in [0.2, 0.25) is 0 Å². The van der Waals surface area contributed by atoms with E-state index in [1.54, 1.807) is 6.07 Å². The molecule has 1 aromatic rings. The minimum atomic E-state index is -0.274. The Bertz CT molecular complexity index is 650. The Kier molecular flexibility index (Phi) is 5.12. The number of carbonyl (C=O) groups excluding carboxylic acids is 1. The first-order chi connectivity index (χ1) is 11.6. The molecule has 0 saturated carbocycles. The number of primary amides is 1. The molecule has 1 aromatic carbocycles. The van der Waals surface area contributed by atoms with Crippen molar-refractivity contribution in [1.82, 2.24) is 4.90 Å². The third-order valence-electron chi connectivity index (χ3n) is 5.17. The number of hydrogen-bond acceptors (Lipinski definition) is 4. The van der Waals surface area contributed by atoms with Crippen molar-refractivity contribution in [2.75, 3.05) is 19.7 Å². The van der Waals surface area contributed by atoms with Crippen LogP contribution in [0.5, 0.6) is 0 Å². The van der Waals surface area contributed by atoms with Crippen molar-refractivity contribution < 1.29 is 13.9 Å². The summed E-state index contributed by atoms with van der Waals surface area (Å²) in [5.41, 5.74) is 6.50. The number of likely N-dealkylation sites (tertiary alicyclic amines) is 1. The van der Waals surface area contributed by atoms with E-state index in [2.05, 4.69) is 4.90 Å². The number of nitrogens with zero attached hydrogens (tertiary/aromatic N) is 2. The summed E-state index contributed by atoms with van der Waals surface area (Å²) in [5, 5.41) is 8.95. The molecule has 0 unspecified atom stereocenters. The molecule has 24 heavy (non-hydrogen) atoms. The summed E-state index contributed by atoms with van der Waals surface area (Å²) >= 11 is 0. The van der Waals surface area contributed by atoms with Crippen LogP contribution in [0.15, 0.2) is 18.2 Å². The number of halogens is 1. The van der Waals surface area contributed by atoms with E-state index in [9.17, 15) is 9.18 Å². The van der Waals surface area contributed by atoms with Crippen LogP contribution in [0.25, 0.3) is 0 Å². The maximum Gasteiger partial charge on any atom is 0.223 e. The molecule has 3 rings (SSSR count). The monoisotopic (exact) mass is 331 g/mol. The van der Waals surface area contributed by atoms with Gasteiger partial charge in [-0.1, -0.05) is 0 Å². The van der Waals surface area contributed by atoms with E-state index < -0.39 is 0 Å². The van der Waals surface area contributed by atoms with Crippen molar-refractivity contribution in [1.29, 1.82) is 5.26 Å². The average Bonchev–Trinajstić information content (AvgIpc) is 3.07. The van der Waals surface area contributed by atoms with E-state index >= 15 is 0 Å². The number of carbonyl (C=O) groups is 1. The van der Waals surface area contributed by atoms with Crippen LogP contribution in [0, 0.1) is 29.0 Å². The van der Waals surface area contributed by atoms with Crippen LogP contribution >= 0.6 is 0 Å². The first-order valence-corrected chi connectivity index (χ1v) is 8.40. The second-order valence-corrected chi connectivity index (χ2v) is 6.66. The molecule has 0 aliphatic carbocycles. The third-order valence-corrected chi connectivity index (χ3v) is 5.17. The van der Waals surface area contributed by atoms with Gasteiger partial charge in [0.15, 0.2) is 0 Å². The molecule has 5 nitrogen and oxygen atoms in total. The topological polar surface area (TPSA) is 79.3 Å². The van der Waals surface area contributed by atoms with Gasteiger partial charge in [-0.05, 0) is 56.5 Å². The molecular formula is C18H22FN3O2. The predicted octanol–water partition coefficient (Wildman–Crippen LogP) is 1.80. The smallest absolute Gasteiger partial charge is 0.223 e. The quantitative estimate of drug-likeness (QED) is 0.912. The highest BCUT2D eigenvalue weighted by molar-refractivity contribution is 5.77. The van der Waals surface area contributed by atoms with Gasteiger partial charge >= 0.3 is 0 Å².